The highest BCUT2D eigenvalue weighted by molar-refractivity contribution is 7.99. The minimum Gasteiger partial charge on any atom is -0.497 e. The molecule has 6 nitrogen and oxygen atoms in total. The fourth-order valence-corrected chi connectivity index (χ4v) is 2.70. The Hall–Kier alpha value is -2.02. The smallest absolute Gasteiger partial charge is 0.230 e. The van der Waals surface area contributed by atoms with Gasteiger partial charge in [0.1, 0.15) is 5.75 Å². The second-order valence-corrected chi connectivity index (χ2v) is 6.20. The molecule has 0 spiro atoms. The molecule has 0 fully saturated rings. The molecule has 0 saturated heterocycles. The lowest BCUT2D eigenvalue weighted by atomic mass is 10.2. The molecule has 7 heteroatoms. The van der Waals surface area contributed by atoms with Gasteiger partial charge >= 0.3 is 0 Å². The van der Waals surface area contributed by atoms with Gasteiger partial charge in [-0.25, -0.2) is 0 Å². The maximum Gasteiger partial charge on any atom is 0.230 e. The van der Waals surface area contributed by atoms with E-state index in [1.54, 1.807) is 7.11 Å². The summed E-state index contributed by atoms with van der Waals surface area (Å²) in [5, 5.41) is 12.0. The standard InChI is InChI=1S/C16H22N4O2S/c1-5-11(2)17-14(21)10-23-16-19-18-15(20(16)3)12-6-8-13(22-4)9-7-12/h6-9,11H,5,10H2,1-4H3,(H,17,21)/t11-/m0/s1. The summed E-state index contributed by atoms with van der Waals surface area (Å²) in [7, 11) is 3.53. The lowest BCUT2D eigenvalue weighted by Gasteiger charge is -2.10. The maximum atomic E-state index is 11.8. The zero-order chi connectivity index (χ0) is 16.8. The summed E-state index contributed by atoms with van der Waals surface area (Å²) in [5.41, 5.74) is 0.955. The first kappa shape index (κ1) is 17.3. The fourth-order valence-electron chi connectivity index (χ4n) is 1.98. The topological polar surface area (TPSA) is 69.0 Å². The number of rotatable bonds is 7. The highest BCUT2D eigenvalue weighted by Crippen LogP contribution is 2.24. The quantitative estimate of drug-likeness (QED) is 0.788. The van der Waals surface area contributed by atoms with Crippen molar-refractivity contribution in [3.05, 3.63) is 24.3 Å². The van der Waals surface area contributed by atoms with Gasteiger partial charge in [0.25, 0.3) is 0 Å². The van der Waals surface area contributed by atoms with E-state index in [0.29, 0.717) is 5.75 Å². The highest BCUT2D eigenvalue weighted by atomic mass is 32.2. The van der Waals surface area contributed by atoms with Crippen molar-refractivity contribution < 1.29 is 9.53 Å². The average Bonchev–Trinajstić information content (AvgIpc) is 2.93. The summed E-state index contributed by atoms with van der Waals surface area (Å²) in [6.45, 7) is 4.04. The van der Waals surface area contributed by atoms with Crippen LogP contribution >= 0.6 is 11.8 Å². The van der Waals surface area contributed by atoms with E-state index in [4.69, 9.17) is 4.74 Å². The molecule has 1 aromatic carbocycles. The van der Waals surface area contributed by atoms with Crippen molar-refractivity contribution in [2.75, 3.05) is 12.9 Å². The molecule has 1 N–H and O–H groups in total. The van der Waals surface area contributed by atoms with Crippen LogP contribution in [0.3, 0.4) is 0 Å². The maximum absolute atomic E-state index is 11.8. The molecule has 1 heterocycles. The monoisotopic (exact) mass is 334 g/mol. The van der Waals surface area contributed by atoms with Crippen molar-refractivity contribution in [1.82, 2.24) is 20.1 Å². The molecule has 2 rings (SSSR count). The van der Waals surface area contributed by atoms with Crippen molar-refractivity contribution in [3.8, 4) is 17.1 Å². The van der Waals surface area contributed by atoms with Gasteiger partial charge in [-0.2, -0.15) is 0 Å². The molecular formula is C16H22N4O2S. The zero-order valence-corrected chi connectivity index (χ0v) is 14.7. The van der Waals surface area contributed by atoms with Crippen LogP contribution < -0.4 is 10.1 Å². The van der Waals surface area contributed by atoms with Crippen molar-refractivity contribution in [2.24, 2.45) is 7.05 Å². The Bertz CT molecular complexity index is 655. The number of nitrogens with one attached hydrogen (secondary N) is 1. The predicted octanol–water partition coefficient (Wildman–Crippen LogP) is 2.50. The minimum absolute atomic E-state index is 0.0124. The molecule has 23 heavy (non-hydrogen) atoms. The average molecular weight is 334 g/mol. The summed E-state index contributed by atoms with van der Waals surface area (Å²) in [4.78, 5) is 11.8. The molecular weight excluding hydrogens is 312 g/mol. The summed E-state index contributed by atoms with van der Waals surface area (Å²) < 4.78 is 7.05. The van der Waals surface area contributed by atoms with E-state index in [-0.39, 0.29) is 11.9 Å². The van der Waals surface area contributed by atoms with Gasteiger partial charge in [-0.1, -0.05) is 18.7 Å². The molecule has 0 aliphatic carbocycles. The number of thioether (sulfide) groups is 1. The highest BCUT2D eigenvalue weighted by Gasteiger charge is 2.13. The number of benzene rings is 1. The van der Waals surface area contributed by atoms with Crippen molar-refractivity contribution in [1.29, 1.82) is 0 Å². The third-order valence-corrected chi connectivity index (χ3v) is 4.56. The zero-order valence-electron chi connectivity index (χ0n) is 13.9. The van der Waals surface area contributed by atoms with Gasteiger partial charge in [0.05, 0.1) is 12.9 Å². The number of nitrogens with zero attached hydrogens (tertiary/aromatic N) is 3. The Balaban J connectivity index is 2.02. The third-order valence-electron chi connectivity index (χ3n) is 3.54. The predicted molar refractivity (Wildman–Crippen MR) is 91.6 cm³/mol. The minimum atomic E-state index is 0.0124. The molecule has 0 aliphatic heterocycles. The van der Waals surface area contributed by atoms with Gasteiger partial charge in [-0.15, -0.1) is 10.2 Å². The van der Waals surface area contributed by atoms with Crippen molar-refractivity contribution in [3.63, 3.8) is 0 Å². The van der Waals surface area contributed by atoms with E-state index in [1.165, 1.54) is 11.8 Å². The van der Waals surface area contributed by atoms with Gasteiger partial charge in [0.2, 0.25) is 5.91 Å². The lowest BCUT2D eigenvalue weighted by Crippen LogP contribution is -2.33. The number of aromatic nitrogens is 3. The van der Waals surface area contributed by atoms with Crippen LogP contribution in [0.5, 0.6) is 5.75 Å². The first-order valence-electron chi connectivity index (χ1n) is 7.51. The molecule has 1 atom stereocenters. The summed E-state index contributed by atoms with van der Waals surface area (Å²) in [6, 6.07) is 7.84. The number of hydrogen-bond donors (Lipinski definition) is 1. The second-order valence-electron chi connectivity index (χ2n) is 5.26. The van der Waals surface area contributed by atoms with Gasteiger partial charge in [-0.3, -0.25) is 4.79 Å². The molecule has 1 amide bonds. The molecule has 0 bridgehead atoms. The van der Waals surface area contributed by atoms with Gasteiger partial charge < -0.3 is 14.6 Å². The Morgan fingerprint density at radius 1 is 1.35 bits per heavy atom. The first-order chi connectivity index (χ1) is 11.0. The van der Waals surface area contributed by atoms with Crippen LogP contribution in [-0.4, -0.2) is 39.6 Å². The molecule has 0 radical (unpaired) electrons. The Kier molecular flexibility index (Phi) is 6.04. The summed E-state index contributed by atoms with van der Waals surface area (Å²) in [5.74, 6) is 1.90. The van der Waals surface area contributed by atoms with E-state index < -0.39 is 0 Å². The third kappa shape index (κ3) is 4.48. The molecule has 0 unspecified atom stereocenters. The second kappa shape index (κ2) is 8.01. The lowest BCUT2D eigenvalue weighted by molar-refractivity contribution is -0.119. The van der Waals surface area contributed by atoms with Crippen molar-refractivity contribution in [2.45, 2.75) is 31.5 Å². The van der Waals surface area contributed by atoms with E-state index in [1.807, 2.05) is 49.7 Å². The van der Waals surface area contributed by atoms with E-state index in [0.717, 1.165) is 28.7 Å². The normalized spacial score (nSPS) is 12.0. The Labute approximate surface area is 140 Å². The van der Waals surface area contributed by atoms with E-state index in [2.05, 4.69) is 15.5 Å². The van der Waals surface area contributed by atoms with Crippen LogP contribution in [-0.2, 0) is 11.8 Å². The number of carbonyl (C=O) groups excluding carboxylic acids is 1. The SMILES string of the molecule is CC[C@H](C)NC(=O)CSc1nnc(-c2ccc(OC)cc2)n1C. The summed E-state index contributed by atoms with van der Waals surface area (Å²) >= 11 is 1.38. The Morgan fingerprint density at radius 2 is 2.04 bits per heavy atom. The molecule has 0 saturated carbocycles. The van der Waals surface area contributed by atoms with Crippen molar-refractivity contribution >= 4 is 17.7 Å². The van der Waals surface area contributed by atoms with Crippen LogP contribution in [0.15, 0.2) is 29.4 Å². The van der Waals surface area contributed by atoms with E-state index >= 15 is 0 Å². The van der Waals surface area contributed by atoms with E-state index in [9.17, 15) is 4.79 Å². The number of hydrogen-bond acceptors (Lipinski definition) is 5. The largest absolute Gasteiger partial charge is 0.497 e. The van der Waals surface area contributed by atoms with Crippen LogP contribution in [0.1, 0.15) is 20.3 Å². The fraction of sp³-hybridized carbons (Fsp3) is 0.438. The van der Waals surface area contributed by atoms with Gasteiger partial charge in [-0.05, 0) is 37.6 Å². The molecule has 2 aromatic rings. The number of ether oxygens (including phenoxy) is 1. The Morgan fingerprint density at radius 3 is 2.65 bits per heavy atom. The molecule has 124 valence electrons. The van der Waals surface area contributed by atoms with Crippen LogP contribution in [0.4, 0.5) is 0 Å². The molecule has 1 aromatic heterocycles. The van der Waals surface area contributed by atoms with Gasteiger partial charge in [0.15, 0.2) is 11.0 Å². The summed E-state index contributed by atoms with van der Waals surface area (Å²) in [6.07, 6.45) is 0.919. The van der Waals surface area contributed by atoms with Gasteiger partial charge in [0, 0.05) is 18.7 Å². The number of methoxy groups -OCH3 is 1. The first-order valence-corrected chi connectivity index (χ1v) is 8.49. The van der Waals surface area contributed by atoms with Crippen LogP contribution in [0, 0.1) is 0 Å². The van der Waals surface area contributed by atoms with Crippen LogP contribution in [0.2, 0.25) is 0 Å². The van der Waals surface area contributed by atoms with Crippen LogP contribution in [0.25, 0.3) is 11.4 Å². The molecule has 0 aliphatic rings. The number of carbonyl (C=O) groups is 1. The number of amides is 1.